The van der Waals surface area contributed by atoms with E-state index in [2.05, 4.69) is 0 Å². The molecular formula is C21H24O4. The first-order valence-electron chi connectivity index (χ1n) is 8.27. The lowest BCUT2D eigenvalue weighted by molar-refractivity contribution is -0.138. The minimum atomic E-state index is -0.859. The van der Waals surface area contributed by atoms with E-state index in [0.29, 0.717) is 12.0 Å². The zero-order valence-electron chi connectivity index (χ0n) is 15.1. The second-order valence-electron chi connectivity index (χ2n) is 7.21. The Morgan fingerprint density at radius 1 is 1.08 bits per heavy atom. The zero-order chi connectivity index (χ0) is 18.6. The molecule has 1 unspecified atom stereocenters. The van der Waals surface area contributed by atoms with E-state index in [1.807, 2.05) is 52.0 Å². The number of benzene rings is 2. The molecule has 4 heteroatoms. The Morgan fingerprint density at radius 2 is 1.72 bits per heavy atom. The second kappa shape index (κ2) is 7.51. The predicted molar refractivity (Wildman–Crippen MR) is 96.9 cm³/mol. The van der Waals surface area contributed by atoms with E-state index in [9.17, 15) is 14.7 Å². The van der Waals surface area contributed by atoms with Gasteiger partial charge in [-0.1, -0.05) is 42.0 Å². The number of hydrogen-bond donors (Lipinski definition) is 1. The Balaban J connectivity index is 2.16. The normalized spacial score (nSPS) is 12.5. The molecule has 0 saturated heterocycles. The topological polar surface area (TPSA) is 63.6 Å². The molecule has 0 bridgehead atoms. The van der Waals surface area contributed by atoms with Gasteiger partial charge in [0.2, 0.25) is 0 Å². The lowest BCUT2D eigenvalue weighted by Crippen LogP contribution is -2.23. The third-order valence-corrected chi connectivity index (χ3v) is 3.77. The molecule has 0 saturated carbocycles. The molecule has 0 aliphatic carbocycles. The Bertz CT molecular complexity index is 754. The number of rotatable bonds is 5. The highest BCUT2D eigenvalue weighted by Crippen LogP contribution is 2.23. The molecule has 25 heavy (non-hydrogen) atoms. The van der Waals surface area contributed by atoms with Crippen molar-refractivity contribution in [2.75, 3.05) is 0 Å². The van der Waals surface area contributed by atoms with Crippen LogP contribution in [0.1, 0.15) is 53.7 Å². The van der Waals surface area contributed by atoms with Crippen LogP contribution < -0.4 is 0 Å². The Labute approximate surface area is 148 Å². The van der Waals surface area contributed by atoms with Crippen LogP contribution in [0.25, 0.3) is 0 Å². The van der Waals surface area contributed by atoms with E-state index in [1.54, 1.807) is 24.3 Å². The summed E-state index contributed by atoms with van der Waals surface area (Å²) in [6.07, 6.45) is 0.368. The van der Waals surface area contributed by atoms with Gasteiger partial charge in [-0.25, -0.2) is 4.79 Å². The Morgan fingerprint density at radius 3 is 2.24 bits per heavy atom. The highest BCUT2D eigenvalue weighted by Gasteiger charge is 2.21. The van der Waals surface area contributed by atoms with Crippen molar-refractivity contribution < 1.29 is 19.4 Å². The predicted octanol–water partition coefficient (Wildman–Crippen LogP) is 4.36. The van der Waals surface area contributed by atoms with Crippen LogP contribution in [-0.2, 0) is 16.0 Å². The Kier molecular flexibility index (Phi) is 5.62. The molecule has 0 aromatic heterocycles. The number of carboxylic acid groups (broad SMARTS) is 1. The molecule has 0 spiro atoms. The van der Waals surface area contributed by atoms with Gasteiger partial charge in [0.1, 0.15) is 5.60 Å². The second-order valence-corrected chi connectivity index (χ2v) is 7.21. The van der Waals surface area contributed by atoms with E-state index in [1.165, 1.54) is 0 Å². The number of hydrogen-bond acceptors (Lipinski definition) is 3. The van der Waals surface area contributed by atoms with Gasteiger partial charge in [-0.15, -0.1) is 0 Å². The first-order valence-corrected chi connectivity index (χ1v) is 8.27. The molecule has 0 radical (unpaired) electrons. The van der Waals surface area contributed by atoms with Crippen LogP contribution in [0.3, 0.4) is 0 Å². The summed E-state index contributed by atoms with van der Waals surface area (Å²) in [5.74, 6) is -1.86. The molecule has 1 atom stereocenters. The van der Waals surface area contributed by atoms with Gasteiger partial charge >= 0.3 is 11.9 Å². The van der Waals surface area contributed by atoms with Gasteiger partial charge in [-0.2, -0.15) is 0 Å². The molecule has 0 fully saturated rings. The maximum absolute atomic E-state index is 12.0. The largest absolute Gasteiger partial charge is 0.481 e. The smallest absolute Gasteiger partial charge is 0.338 e. The lowest BCUT2D eigenvalue weighted by Gasteiger charge is -2.19. The van der Waals surface area contributed by atoms with Crippen molar-refractivity contribution in [3.05, 3.63) is 70.8 Å². The first-order chi connectivity index (χ1) is 11.7. The van der Waals surface area contributed by atoms with Gasteiger partial charge in [-0.05, 0) is 57.4 Å². The zero-order valence-corrected chi connectivity index (χ0v) is 15.1. The molecule has 0 aliphatic heterocycles. The van der Waals surface area contributed by atoms with Crippen LogP contribution in [0.15, 0.2) is 48.5 Å². The fourth-order valence-corrected chi connectivity index (χ4v) is 2.58. The molecule has 0 amide bonds. The summed E-state index contributed by atoms with van der Waals surface area (Å²) in [4.78, 5) is 23.7. The van der Waals surface area contributed by atoms with Gasteiger partial charge in [0.25, 0.3) is 0 Å². The summed E-state index contributed by atoms with van der Waals surface area (Å²) in [5.41, 5.74) is 2.59. The quantitative estimate of drug-likeness (QED) is 0.821. The van der Waals surface area contributed by atoms with E-state index in [-0.39, 0.29) is 5.97 Å². The van der Waals surface area contributed by atoms with E-state index in [4.69, 9.17) is 4.74 Å². The number of ether oxygens (including phenoxy) is 1. The minimum absolute atomic E-state index is 0.368. The van der Waals surface area contributed by atoms with Crippen molar-refractivity contribution in [2.45, 2.75) is 45.6 Å². The molecule has 2 aromatic rings. The number of carboxylic acids is 1. The van der Waals surface area contributed by atoms with Crippen molar-refractivity contribution in [1.82, 2.24) is 0 Å². The van der Waals surface area contributed by atoms with Crippen molar-refractivity contribution in [3.63, 3.8) is 0 Å². The molecule has 0 aliphatic rings. The van der Waals surface area contributed by atoms with Crippen LogP contribution in [0.2, 0.25) is 0 Å². The number of esters is 1. The summed E-state index contributed by atoms with van der Waals surface area (Å²) in [6, 6.07) is 14.5. The SMILES string of the molecule is Cc1cccc(C(Cc2ccc(C(=O)OC(C)(C)C)cc2)C(=O)O)c1. The fraction of sp³-hybridized carbons (Fsp3) is 0.333. The monoisotopic (exact) mass is 340 g/mol. The van der Waals surface area contributed by atoms with Crippen LogP contribution in [0.5, 0.6) is 0 Å². The number of aryl methyl sites for hydroxylation is 1. The van der Waals surface area contributed by atoms with E-state index < -0.39 is 17.5 Å². The van der Waals surface area contributed by atoms with Gasteiger partial charge in [0.15, 0.2) is 0 Å². The van der Waals surface area contributed by atoms with Crippen LogP contribution >= 0.6 is 0 Å². The Hall–Kier alpha value is -2.62. The summed E-state index contributed by atoms with van der Waals surface area (Å²) >= 11 is 0. The standard InChI is InChI=1S/C21H24O4/c1-14-6-5-7-17(12-14)18(19(22)23)13-15-8-10-16(11-9-15)20(24)25-21(2,3)4/h5-12,18H,13H2,1-4H3,(H,22,23). The fourth-order valence-electron chi connectivity index (χ4n) is 2.58. The molecule has 132 valence electrons. The molecule has 0 heterocycles. The average molecular weight is 340 g/mol. The molecule has 4 nitrogen and oxygen atoms in total. The van der Waals surface area contributed by atoms with Gasteiger partial charge in [-0.3, -0.25) is 4.79 Å². The minimum Gasteiger partial charge on any atom is -0.481 e. The lowest BCUT2D eigenvalue weighted by atomic mass is 9.91. The highest BCUT2D eigenvalue weighted by atomic mass is 16.6. The number of aliphatic carboxylic acids is 1. The summed E-state index contributed by atoms with van der Waals surface area (Å²) in [5, 5.41) is 9.58. The summed E-state index contributed by atoms with van der Waals surface area (Å²) in [6.45, 7) is 7.40. The maximum Gasteiger partial charge on any atom is 0.338 e. The number of carbonyl (C=O) groups excluding carboxylic acids is 1. The van der Waals surface area contributed by atoms with Crippen LogP contribution in [-0.4, -0.2) is 22.6 Å². The molecule has 2 rings (SSSR count). The molecule has 2 aromatic carbocycles. The van der Waals surface area contributed by atoms with Gasteiger partial charge in [0.05, 0.1) is 11.5 Å². The third kappa shape index (κ3) is 5.45. The van der Waals surface area contributed by atoms with Crippen LogP contribution in [0, 0.1) is 6.92 Å². The summed E-state index contributed by atoms with van der Waals surface area (Å²) < 4.78 is 5.33. The van der Waals surface area contributed by atoms with Gasteiger partial charge in [0, 0.05) is 0 Å². The highest BCUT2D eigenvalue weighted by molar-refractivity contribution is 5.89. The molecular weight excluding hydrogens is 316 g/mol. The summed E-state index contributed by atoms with van der Waals surface area (Å²) in [7, 11) is 0. The third-order valence-electron chi connectivity index (χ3n) is 3.77. The number of carbonyl (C=O) groups is 2. The average Bonchev–Trinajstić information content (AvgIpc) is 2.51. The van der Waals surface area contributed by atoms with Crippen molar-refractivity contribution in [3.8, 4) is 0 Å². The van der Waals surface area contributed by atoms with Crippen molar-refractivity contribution >= 4 is 11.9 Å². The molecule has 1 N–H and O–H groups in total. The maximum atomic E-state index is 12.0. The van der Waals surface area contributed by atoms with Crippen molar-refractivity contribution in [2.24, 2.45) is 0 Å². The van der Waals surface area contributed by atoms with E-state index in [0.717, 1.165) is 16.7 Å². The first kappa shape index (κ1) is 18.7. The van der Waals surface area contributed by atoms with Gasteiger partial charge < -0.3 is 9.84 Å². The van der Waals surface area contributed by atoms with Crippen LogP contribution in [0.4, 0.5) is 0 Å². The van der Waals surface area contributed by atoms with Crippen molar-refractivity contribution in [1.29, 1.82) is 0 Å². The van der Waals surface area contributed by atoms with E-state index >= 15 is 0 Å².